The average Bonchev–Trinajstić information content (AvgIpc) is 3.01. The van der Waals surface area contributed by atoms with Crippen molar-refractivity contribution in [3.05, 3.63) is 76.7 Å². The van der Waals surface area contributed by atoms with Crippen molar-refractivity contribution >= 4 is 66.7 Å². The fraction of sp³-hybridized carbons (Fsp3) is 0.467. The first-order valence-corrected chi connectivity index (χ1v) is 16.0. The van der Waals surface area contributed by atoms with Gasteiger partial charge in [-0.25, -0.2) is 0 Å². The summed E-state index contributed by atoms with van der Waals surface area (Å²) < 4.78 is 22.4. The maximum absolute atomic E-state index is 13.8. The van der Waals surface area contributed by atoms with E-state index in [-0.39, 0.29) is 37.6 Å². The summed E-state index contributed by atoms with van der Waals surface area (Å²) in [5, 5.41) is 23.4. The van der Waals surface area contributed by atoms with Gasteiger partial charge < -0.3 is 18.9 Å². The Hall–Kier alpha value is -3.60. The molecule has 0 aromatic heterocycles. The van der Waals surface area contributed by atoms with E-state index >= 15 is 0 Å². The zero-order valence-corrected chi connectivity index (χ0v) is 27.7. The molecule has 2 unspecified atom stereocenters. The normalized spacial score (nSPS) is 17.7. The monoisotopic (exact) mass is 768 g/mol. The number of nitrogens with zero attached hydrogens (tertiary/aromatic N) is 2. The number of carbonyl (C=O) groups is 4. The van der Waals surface area contributed by atoms with Crippen LogP contribution in [0, 0.1) is 43.9 Å². The van der Waals surface area contributed by atoms with Gasteiger partial charge in [0.1, 0.15) is 11.8 Å². The van der Waals surface area contributed by atoms with E-state index in [1.54, 1.807) is 0 Å². The van der Waals surface area contributed by atoms with Crippen LogP contribution in [0.15, 0.2) is 45.3 Å². The van der Waals surface area contributed by atoms with E-state index < -0.39 is 74.7 Å². The molecule has 0 aliphatic carbocycles. The minimum atomic E-state index is -1.58. The molecule has 46 heavy (non-hydrogen) atoms. The molecular weight excluding hydrogens is 740 g/mol. The van der Waals surface area contributed by atoms with E-state index in [0.29, 0.717) is 34.6 Å². The van der Waals surface area contributed by atoms with Crippen molar-refractivity contribution in [2.45, 2.75) is 38.9 Å². The number of nitro groups is 2. The van der Waals surface area contributed by atoms with Gasteiger partial charge in [-0.05, 0) is 61.8 Å². The van der Waals surface area contributed by atoms with E-state index in [0.717, 1.165) is 12.1 Å². The lowest BCUT2D eigenvalue weighted by Crippen LogP contribution is -2.40. The third-order valence-corrected chi connectivity index (χ3v) is 8.94. The van der Waals surface area contributed by atoms with Crippen molar-refractivity contribution < 1.29 is 48.0 Å². The number of benzene rings is 2. The zero-order chi connectivity index (χ0) is 33.5. The summed E-state index contributed by atoms with van der Waals surface area (Å²) in [6, 6.07) is 7.62. The molecule has 14 nitrogen and oxygen atoms in total. The standard InChI is InChI=1S/C30H30Br2N2O12/c1-16(45-29(37)25(17-6-10-43-11-7-17)27(35)21-14-19(31)2-4-23(21)33(39)40)46-30(38)26(18-8-12-44-13-9-18)28(36)22-15-20(32)3-5-24(22)34(41)42/h2-5,14-18,25-26H,6-13H2,1H3. The first-order valence-electron chi connectivity index (χ1n) is 14.4. The van der Waals surface area contributed by atoms with E-state index in [4.69, 9.17) is 18.9 Å². The summed E-state index contributed by atoms with van der Waals surface area (Å²) >= 11 is 6.42. The molecule has 0 amide bonds. The Labute approximate surface area is 279 Å². The molecule has 0 spiro atoms. The number of rotatable bonds is 12. The van der Waals surface area contributed by atoms with Crippen LogP contribution in [0.1, 0.15) is 53.3 Å². The third kappa shape index (κ3) is 8.40. The van der Waals surface area contributed by atoms with E-state index in [2.05, 4.69) is 31.9 Å². The quantitative estimate of drug-likeness (QED) is 0.0648. The number of hydrogen-bond acceptors (Lipinski definition) is 12. The third-order valence-electron chi connectivity index (χ3n) is 7.95. The lowest BCUT2D eigenvalue weighted by molar-refractivity contribution is -0.385. The largest absolute Gasteiger partial charge is 0.425 e. The van der Waals surface area contributed by atoms with Crippen LogP contribution in [0.5, 0.6) is 0 Å². The van der Waals surface area contributed by atoms with Crippen LogP contribution in [0.2, 0.25) is 0 Å². The Morgan fingerprint density at radius 1 is 0.717 bits per heavy atom. The minimum Gasteiger partial charge on any atom is -0.425 e. The van der Waals surface area contributed by atoms with E-state index in [1.165, 1.54) is 31.2 Å². The van der Waals surface area contributed by atoms with Crippen molar-refractivity contribution in [3.8, 4) is 0 Å². The van der Waals surface area contributed by atoms with Crippen LogP contribution in [0.3, 0.4) is 0 Å². The van der Waals surface area contributed by atoms with Crippen molar-refractivity contribution in [2.75, 3.05) is 26.4 Å². The van der Waals surface area contributed by atoms with Crippen molar-refractivity contribution in [3.63, 3.8) is 0 Å². The number of carbonyl (C=O) groups excluding carboxylic acids is 4. The van der Waals surface area contributed by atoms with Gasteiger partial charge in [0, 0.05) is 54.4 Å². The Bertz CT molecular complexity index is 1410. The highest BCUT2D eigenvalue weighted by molar-refractivity contribution is 9.10. The molecule has 4 rings (SSSR count). The Kier molecular flexibility index (Phi) is 12.1. The van der Waals surface area contributed by atoms with Gasteiger partial charge in [-0.1, -0.05) is 31.9 Å². The first-order chi connectivity index (χ1) is 21.9. The Morgan fingerprint density at radius 3 is 1.39 bits per heavy atom. The van der Waals surface area contributed by atoms with E-state index in [9.17, 15) is 39.4 Å². The maximum atomic E-state index is 13.8. The first kappa shape index (κ1) is 35.3. The lowest BCUT2D eigenvalue weighted by atomic mass is 9.80. The van der Waals surface area contributed by atoms with Crippen LogP contribution >= 0.6 is 31.9 Å². The number of halogens is 2. The van der Waals surface area contributed by atoms with Gasteiger partial charge in [-0.3, -0.25) is 39.4 Å². The topological polar surface area (TPSA) is 191 Å². The summed E-state index contributed by atoms with van der Waals surface area (Å²) in [5.74, 6) is -7.91. The molecule has 2 aromatic carbocycles. The highest BCUT2D eigenvalue weighted by atomic mass is 79.9. The SMILES string of the molecule is CC(OC(=O)C(C(=O)c1cc(Br)ccc1[N+](=O)[O-])C1CCOCC1)OC(=O)C(C(=O)c1cc(Br)ccc1[N+](=O)[O-])C1CCOCC1. The summed E-state index contributed by atoms with van der Waals surface area (Å²) in [6.45, 7) is 2.25. The number of ether oxygens (including phenoxy) is 4. The highest BCUT2D eigenvalue weighted by Crippen LogP contribution is 2.35. The fourth-order valence-electron chi connectivity index (χ4n) is 5.69. The van der Waals surface area contributed by atoms with Crippen LogP contribution < -0.4 is 0 Å². The molecule has 16 heteroatoms. The molecule has 0 N–H and O–H groups in total. The molecule has 2 aromatic rings. The average molecular weight is 770 g/mol. The summed E-state index contributed by atoms with van der Waals surface area (Å²) in [7, 11) is 0. The van der Waals surface area contributed by atoms with Gasteiger partial charge in [0.25, 0.3) is 11.4 Å². The van der Waals surface area contributed by atoms with Gasteiger partial charge in [0.2, 0.25) is 6.29 Å². The predicted octanol–water partition coefficient (Wildman–Crippen LogP) is 5.61. The minimum absolute atomic E-state index is 0.253. The Morgan fingerprint density at radius 2 is 1.07 bits per heavy atom. The molecule has 2 aliphatic heterocycles. The molecule has 0 radical (unpaired) electrons. The second-order valence-corrected chi connectivity index (χ2v) is 12.7. The molecule has 0 saturated carbocycles. The predicted molar refractivity (Wildman–Crippen MR) is 166 cm³/mol. The number of hydrogen-bond donors (Lipinski definition) is 0. The van der Waals surface area contributed by atoms with Crippen molar-refractivity contribution in [1.29, 1.82) is 0 Å². The molecular formula is C30H30Br2N2O12. The molecule has 0 bridgehead atoms. The maximum Gasteiger partial charge on any atom is 0.320 e. The number of Topliss-reactive ketones (excluding diaryl/α,β-unsaturated/α-hetero) is 2. The smallest absolute Gasteiger partial charge is 0.320 e. The van der Waals surface area contributed by atoms with Crippen LogP contribution in [-0.4, -0.2) is 66.1 Å². The van der Waals surface area contributed by atoms with Crippen molar-refractivity contribution in [1.82, 2.24) is 0 Å². The molecule has 2 fully saturated rings. The van der Waals surface area contributed by atoms with Gasteiger partial charge >= 0.3 is 11.9 Å². The van der Waals surface area contributed by atoms with Crippen LogP contribution in [0.4, 0.5) is 11.4 Å². The lowest BCUT2D eigenvalue weighted by Gasteiger charge is -2.30. The van der Waals surface area contributed by atoms with Crippen molar-refractivity contribution in [2.24, 2.45) is 23.7 Å². The molecule has 246 valence electrons. The number of ketones is 2. The molecule has 2 saturated heterocycles. The molecule has 2 atom stereocenters. The highest BCUT2D eigenvalue weighted by Gasteiger charge is 2.43. The van der Waals surface area contributed by atoms with E-state index in [1.807, 2.05) is 0 Å². The summed E-state index contributed by atoms with van der Waals surface area (Å²) in [4.78, 5) is 76.6. The second-order valence-electron chi connectivity index (χ2n) is 10.9. The van der Waals surface area contributed by atoms with Gasteiger partial charge in [0.15, 0.2) is 11.6 Å². The number of nitro benzene ring substituents is 2. The van der Waals surface area contributed by atoms with Gasteiger partial charge in [-0.2, -0.15) is 0 Å². The summed E-state index contributed by atoms with van der Waals surface area (Å²) in [6.07, 6.45) is -0.388. The second kappa shape index (κ2) is 15.8. The zero-order valence-electron chi connectivity index (χ0n) is 24.6. The van der Waals surface area contributed by atoms with Crippen LogP contribution in [-0.2, 0) is 28.5 Å². The fourth-order valence-corrected chi connectivity index (χ4v) is 6.41. The molecule has 2 aliphatic rings. The number of esters is 2. The Balaban J connectivity index is 1.59. The van der Waals surface area contributed by atoms with Gasteiger partial charge in [-0.15, -0.1) is 0 Å². The van der Waals surface area contributed by atoms with Crippen LogP contribution in [0.25, 0.3) is 0 Å². The van der Waals surface area contributed by atoms with Gasteiger partial charge in [0.05, 0.1) is 21.0 Å². The molecule has 2 heterocycles. The summed E-state index contributed by atoms with van der Waals surface area (Å²) in [5.41, 5.74) is -1.56.